The van der Waals surface area contributed by atoms with Gasteiger partial charge in [0.15, 0.2) is 0 Å². The van der Waals surface area contributed by atoms with Crippen molar-refractivity contribution in [2.45, 2.75) is 0 Å². The molecule has 0 aliphatic carbocycles. The Kier molecular flexibility index (Phi) is 2.70. The van der Waals surface area contributed by atoms with E-state index in [1.165, 1.54) is 0 Å². The molecule has 0 rings (SSSR count). The van der Waals surface area contributed by atoms with Gasteiger partial charge in [-0.15, -0.1) is 0 Å². The summed E-state index contributed by atoms with van der Waals surface area (Å²) in [6.07, 6.45) is 1.86. The zero-order chi connectivity index (χ0) is 5.70. The van der Waals surface area contributed by atoms with E-state index in [0.717, 1.165) is 12.3 Å². The van der Waals surface area contributed by atoms with Crippen molar-refractivity contribution in [3.05, 3.63) is 12.3 Å². The van der Waals surface area contributed by atoms with E-state index in [4.69, 9.17) is 11.0 Å². The molecule has 0 heterocycles. The van der Waals surface area contributed by atoms with Gasteiger partial charge in [0.05, 0.1) is 0 Å². The van der Waals surface area contributed by atoms with Gasteiger partial charge in [-0.05, 0) is 0 Å². The molecule has 3 N–H and O–H groups in total. The van der Waals surface area contributed by atoms with Crippen molar-refractivity contribution >= 4 is 5.97 Å². The molecule has 0 aromatic rings. The van der Waals surface area contributed by atoms with E-state index in [1.54, 1.807) is 0 Å². The Morgan fingerprint density at radius 1 is 1.86 bits per heavy atom. The number of nitrogens with two attached hydrogens (primary N) is 1. The highest BCUT2D eigenvalue weighted by Crippen LogP contribution is 1.69. The summed E-state index contributed by atoms with van der Waals surface area (Å²) in [5.74, 6) is -0.873. The molecule has 0 amide bonds. The third kappa shape index (κ3) is 2.78. The van der Waals surface area contributed by atoms with E-state index >= 15 is 0 Å². The van der Waals surface area contributed by atoms with E-state index in [2.05, 4.69) is 4.89 Å². The maximum atomic E-state index is 9.77. The third-order valence-corrected chi connectivity index (χ3v) is 0.322. The van der Waals surface area contributed by atoms with E-state index < -0.39 is 5.97 Å². The van der Waals surface area contributed by atoms with Crippen molar-refractivity contribution in [1.29, 1.82) is 0 Å². The molecule has 0 saturated heterocycles. The molecular weight excluding hydrogens is 98.0 g/mol. The van der Waals surface area contributed by atoms with Crippen LogP contribution in [0, 0.1) is 0 Å². The minimum Gasteiger partial charge on any atom is -0.404 e. The number of rotatable bonds is 1. The molecule has 0 unspecified atom stereocenters. The van der Waals surface area contributed by atoms with Crippen LogP contribution in [0.15, 0.2) is 12.3 Å². The Morgan fingerprint density at radius 2 is 2.43 bits per heavy atom. The van der Waals surface area contributed by atoms with Crippen LogP contribution in [0.4, 0.5) is 0 Å². The van der Waals surface area contributed by atoms with Crippen LogP contribution >= 0.6 is 0 Å². The standard InChI is InChI=1S/C3H5NO3/c4-2-1-3(5)7-6/h1-2,6H,4H2/b2-1-. The molecule has 0 spiro atoms. The van der Waals surface area contributed by atoms with Crippen molar-refractivity contribution in [1.82, 2.24) is 0 Å². The van der Waals surface area contributed by atoms with Crippen molar-refractivity contribution < 1.29 is 14.9 Å². The molecular formula is C3H5NO3. The van der Waals surface area contributed by atoms with Crippen molar-refractivity contribution in [3.8, 4) is 0 Å². The van der Waals surface area contributed by atoms with Gasteiger partial charge in [0, 0.05) is 12.3 Å². The molecule has 0 bridgehead atoms. The lowest BCUT2D eigenvalue weighted by Gasteiger charge is -1.80. The predicted molar refractivity (Wildman–Crippen MR) is 22.0 cm³/mol. The first-order valence-electron chi connectivity index (χ1n) is 1.55. The first-order chi connectivity index (χ1) is 3.31. The lowest BCUT2D eigenvalue weighted by atomic mass is 10.6. The molecule has 0 aromatic heterocycles. The lowest BCUT2D eigenvalue weighted by Crippen LogP contribution is -1.95. The first-order valence-corrected chi connectivity index (χ1v) is 1.55. The van der Waals surface area contributed by atoms with Crippen molar-refractivity contribution in [2.75, 3.05) is 0 Å². The van der Waals surface area contributed by atoms with Gasteiger partial charge in [-0.2, -0.15) is 5.26 Å². The average Bonchev–Trinajstić information content (AvgIpc) is 1.68. The summed E-state index contributed by atoms with van der Waals surface area (Å²) < 4.78 is 0. The molecule has 0 atom stereocenters. The Labute approximate surface area is 40.1 Å². The van der Waals surface area contributed by atoms with Crippen LogP contribution in [0.25, 0.3) is 0 Å². The van der Waals surface area contributed by atoms with Gasteiger partial charge in [-0.25, -0.2) is 4.79 Å². The SMILES string of the molecule is N/C=C\C(=O)OO. The minimum atomic E-state index is -0.873. The zero-order valence-corrected chi connectivity index (χ0v) is 3.50. The summed E-state index contributed by atoms with van der Waals surface area (Å²) >= 11 is 0. The fourth-order valence-corrected chi connectivity index (χ4v) is 0.109. The maximum absolute atomic E-state index is 9.77. The Hall–Kier alpha value is -1.03. The molecule has 0 aliphatic heterocycles. The van der Waals surface area contributed by atoms with Gasteiger partial charge in [-0.1, -0.05) is 0 Å². The fraction of sp³-hybridized carbons (Fsp3) is 0. The van der Waals surface area contributed by atoms with Gasteiger partial charge < -0.3 is 5.73 Å². The average molecular weight is 103 g/mol. The van der Waals surface area contributed by atoms with Crippen molar-refractivity contribution in [2.24, 2.45) is 5.73 Å². The van der Waals surface area contributed by atoms with Crippen LogP contribution in [0.3, 0.4) is 0 Å². The Morgan fingerprint density at radius 3 is 2.57 bits per heavy atom. The Balaban J connectivity index is 3.37. The molecule has 0 fully saturated rings. The monoisotopic (exact) mass is 103 g/mol. The highest BCUT2D eigenvalue weighted by molar-refractivity contribution is 5.81. The fourth-order valence-electron chi connectivity index (χ4n) is 0.109. The van der Waals surface area contributed by atoms with Gasteiger partial charge in [0.25, 0.3) is 0 Å². The van der Waals surface area contributed by atoms with Crippen LogP contribution in [-0.2, 0) is 9.68 Å². The zero-order valence-electron chi connectivity index (χ0n) is 3.50. The largest absolute Gasteiger partial charge is 0.404 e. The molecule has 0 aliphatic rings. The predicted octanol–water partition coefficient (Wildman–Crippen LogP) is -0.525. The molecule has 4 heteroatoms. The molecule has 40 valence electrons. The van der Waals surface area contributed by atoms with E-state index in [0.29, 0.717) is 0 Å². The lowest BCUT2D eigenvalue weighted by molar-refractivity contribution is -0.228. The number of carbonyl (C=O) groups is 1. The summed E-state index contributed by atoms with van der Waals surface area (Å²) in [6, 6.07) is 0. The summed E-state index contributed by atoms with van der Waals surface area (Å²) in [7, 11) is 0. The summed E-state index contributed by atoms with van der Waals surface area (Å²) in [5.41, 5.74) is 4.71. The van der Waals surface area contributed by atoms with Gasteiger partial charge in [0.1, 0.15) is 0 Å². The molecule has 0 radical (unpaired) electrons. The van der Waals surface area contributed by atoms with Crippen LogP contribution in [-0.4, -0.2) is 11.2 Å². The van der Waals surface area contributed by atoms with E-state index in [1.807, 2.05) is 0 Å². The summed E-state index contributed by atoms with van der Waals surface area (Å²) in [4.78, 5) is 13.0. The second-order valence-corrected chi connectivity index (χ2v) is 0.769. The van der Waals surface area contributed by atoms with Crippen LogP contribution < -0.4 is 5.73 Å². The molecule has 4 nitrogen and oxygen atoms in total. The van der Waals surface area contributed by atoms with E-state index in [9.17, 15) is 4.79 Å². The Bertz CT molecular complexity index is 88.2. The molecule has 0 saturated carbocycles. The second kappa shape index (κ2) is 3.17. The van der Waals surface area contributed by atoms with Gasteiger partial charge >= 0.3 is 5.97 Å². The maximum Gasteiger partial charge on any atom is 0.367 e. The normalized spacial score (nSPS) is 9.29. The first kappa shape index (κ1) is 5.97. The summed E-state index contributed by atoms with van der Waals surface area (Å²) in [6.45, 7) is 0. The van der Waals surface area contributed by atoms with Gasteiger partial charge in [-0.3, -0.25) is 4.89 Å². The van der Waals surface area contributed by atoms with E-state index in [-0.39, 0.29) is 0 Å². The van der Waals surface area contributed by atoms with Crippen molar-refractivity contribution in [3.63, 3.8) is 0 Å². The smallest absolute Gasteiger partial charge is 0.367 e. The van der Waals surface area contributed by atoms with Gasteiger partial charge in [0.2, 0.25) is 0 Å². The highest BCUT2D eigenvalue weighted by Gasteiger charge is 1.87. The number of hydrogen-bond donors (Lipinski definition) is 2. The second-order valence-electron chi connectivity index (χ2n) is 0.769. The van der Waals surface area contributed by atoms with Crippen LogP contribution in [0.1, 0.15) is 0 Å². The molecule has 0 aromatic carbocycles. The minimum absolute atomic E-state index is 0.873. The molecule has 7 heavy (non-hydrogen) atoms. The number of hydrogen-bond acceptors (Lipinski definition) is 4. The topological polar surface area (TPSA) is 72.6 Å². The van der Waals surface area contributed by atoms with Crippen LogP contribution in [0.5, 0.6) is 0 Å². The van der Waals surface area contributed by atoms with Crippen LogP contribution in [0.2, 0.25) is 0 Å². The highest BCUT2D eigenvalue weighted by atomic mass is 17.1. The third-order valence-electron chi connectivity index (χ3n) is 0.322. The number of carbonyl (C=O) groups excluding carboxylic acids is 1. The quantitative estimate of drug-likeness (QED) is 0.266. The summed E-state index contributed by atoms with van der Waals surface area (Å²) in [5, 5.41) is 7.51.